The Hall–Kier alpha value is -3.13. The number of benzene rings is 2. The minimum absolute atomic E-state index is 0.0666. The van der Waals surface area contributed by atoms with E-state index in [0.717, 1.165) is 35.2 Å². The van der Waals surface area contributed by atoms with Gasteiger partial charge in [-0.25, -0.2) is 4.39 Å². The molecule has 166 valence electrons. The van der Waals surface area contributed by atoms with Crippen molar-refractivity contribution in [2.75, 3.05) is 24.5 Å². The van der Waals surface area contributed by atoms with E-state index < -0.39 is 17.0 Å². The number of aryl methyl sites for hydroxylation is 1. The second-order valence-electron chi connectivity index (χ2n) is 7.85. The van der Waals surface area contributed by atoms with Gasteiger partial charge < -0.3 is 10.2 Å². The molecular formula is C24H24FN3O3S. The Morgan fingerprint density at radius 2 is 1.94 bits per heavy atom. The predicted molar refractivity (Wildman–Crippen MR) is 124 cm³/mol. The van der Waals surface area contributed by atoms with Gasteiger partial charge >= 0.3 is 0 Å². The second kappa shape index (κ2) is 9.56. The number of fused-ring (bicyclic) bond motifs is 1. The van der Waals surface area contributed by atoms with E-state index in [0.29, 0.717) is 0 Å². The quantitative estimate of drug-likeness (QED) is 0.674. The maximum absolute atomic E-state index is 13.9. The number of nitrogens with one attached hydrogen (secondary N) is 1. The van der Waals surface area contributed by atoms with Crippen molar-refractivity contribution in [2.24, 2.45) is 0 Å². The number of carbonyl (C=O) groups is 3. The third-order valence-electron chi connectivity index (χ3n) is 5.70. The lowest BCUT2D eigenvalue weighted by Gasteiger charge is -2.36. The first kappa shape index (κ1) is 22.1. The third kappa shape index (κ3) is 4.70. The van der Waals surface area contributed by atoms with E-state index >= 15 is 0 Å². The number of anilines is 1. The van der Waals surface area contributed by atoms with Gasteiger partial charge in [0.25, 0.3) is 11.1 Å². The van der Waals surface area contributed by atoms with E-state index in [1.807, 2.05) is 18.2 Å². The van der Waals surface area contributed by atoms with Crippen LogP contribution >= 0.6 is 11.8 Å². The van der Waals surface area contributed by atoms with E-state index in [4.69, 9.17) is 0 Å². The molecule has 1 saturated heterocycles. The Labute approximate surface area is 190 Å². The summed E-state index contributed by atoms with van der Waals surface area (Å²) in [6, 6.07) is 14.4. The van der Waals surface area contributed by atoms with Crippen LogP contribution in [0.3, 0.4) is 0 Å². The summed E-state index contributed by atoms with van der Waals surface area (Å²) in [5.74, 6) is -1.10. The molecule has 0 bridgehead atoms. The Morgan fingerprint density at radius 1 is 1.19 bits per heavy atom. The molecule has 2 aliphatic heterocycles. The standard InChI is InChI=1S/C24H24FN3O3S/c1-16-10-11-17-6-3-5-9-20(17)28(16)15-22(29)26-12-13-27-23(30)21(32-24(27)31)14-18-7-2-4-8-19(18)25/h2-9,14,16H,10-13,15H2,1H3,(H,26,29). The summed E-state index contributed by atoms with van der Waals surface area (Å²) in [7, 11) is 0. The molecule has 0 spiro atoms. The number of imide groups is 1. The van der Waals surface area contributed by atoms with Gasteiger partial charge in [0, 0.05) is 30.4 Å². The zero-order chi connectivity index (χ0) is 22.7. The highest BCUT2D eigenvalue weighted by atomic mass is 32.2. The summed E-state index contributed by atoms with van der Waals surface area (Å²) in [5.41, 5.74) is 2.56. The fourth-order valence-electron chi connectivity index (χ4n) is 3.94. The SMILES string of the molecule is CC1CCc2ccccc2N1CC(=O)NCCN1C(=O)SC(=Cc2ccccc2F)C1=O. The molecule has 6 nitrogen and oxygen atoms in total. The molecule has 2 heterocycles. The first-order chi connectivity index (χ1) is 15.4. The number of hydrogen-bond donors (Lipinski definition) is 1. The van der Waals surface area contributed by atoms with Gasteiger partial charge in [0.05, 0.1) is 11.4 Å². The summed E-state index contributed by atoms with van der Waals surface area (Å²) in [4.78, 5) is 40.7. The highest BCUT2D eigenvalue weighted by Crippen LogP contribution is 2.32. The first-order valence-corrected chi connectivity index (χ1v) is 11.4. The molecule has 0 aromatic heterocycles. The van der Waals surface area contributed by atoms with Crippen molar-refractivity contribution in [3.63, 3.8) is 0 Å². The first-order valence-electron chi connectivity index (χ1n) is 10.5. The summed E-state index contributed by atoms with van der Waals surface area (Å²) >= 11 is 0.776. The molecule has 32 heavy (non-hydrogen) atoms. The van der Waals surface area contributed by atoms with Crippen LogP contribution in [0.5, 0.6) is 0 Å². The summed E-state index contributed by atoms with van der Waals surface area (Å²) in [6.07, 6.45) is 3.36. The van der Waals surface area contributed by atoms with Crippen molar-refractivity contribution in [3.05, 3.63) is 70.4 Å². The summed E-state index contributed by atoms with van der Waals surface area (Å²) in [5, 5.41) is 2.38. The van der Waals surface area contributed by atoms with E-state index in [-0.39, 0.29) is 42.1 Å². The minimum atomic E-state index is -0.476. The van der Waals surface area contributed by atoms with Gasteiger partial charge in [0.15, 0.2) is 0 Å². The Bertz CT molecular complexity index is 1090. The summed E-state index contributed by atoms with van der Waals surface area (Å²) < 4.78 is 13.9. The van der Waals surface area contributed by atoms with E-state index in [9.17, 15) is 18.8 Å². The lowest BCUT2D eigenvalue weighted by atomic mass is 9.97. The van der Waals surface area contributed by atoms with Crippen LogP contribution in [0.4, 0.5) is 14.9 Å². The molecule has 0 radical (unpaired) electrons. The molecule has 2 aromatic rings. The number of rotatable bonds is 6. The fourth-order valence-corrected chi connectivity index (χ4v) is 4.80. The molecule has 0 saturated carbocycles. The fraction of sp³-hybridized carbons (Fsp3) is 0.292. The maximum atomic E-state index is 13.9. The number of carbonyl (C=O) groups excluding carboxylic acids is 3. The third-order valence-corrected chi connectivity index (χ3v) is 6.61. The number of halogens is 1. The topological polar surface area (TPSA) is 69.7 Å². The Morgan fingerprint density at radius 3 is 2.75 bits per heavy atom. The molecule has 1 atom stereocenters. The van der Waals surface area contributed by atoms with Gasteiger partial charge in [-0.1, -0.05) is 36.4 Å². The van der Waals surface area contributed by atoms with Crippen LogP contribution in [0.2, 0.25) is 0 Å². The van der Waals surface area contributed by atoms with Crippen molar-refractivity contribution < 1.29 is 18.8 Å². The van der Waals surface area contributed by atoms with E-state index in [2.05, 4.69) is 23.2 Å². The van der Waals surface area contributed by atoms with Crippen molar-refractivity contribution in [1.29, 1.82) is 0 Å². The number of hydrogen-bond acceptors (Lipinski definition) is 5. The molecule has 1 fully saturated rings. The van der Waals surface area contributed by atoms with Crippen molar-refractivity contribution in [1.82, 2.24) is 10.2 Å². The van der Waals surface area contributed by atoms with Crippen LogP contribution in [0, 0.1) is 5.82 Å². The molecule has 8 heteroatoms. The average Bonchev–Trinajstić information content (AvgIpc) is 3.04. The van der Waals surface area contributed by atoms with Gasteiger partial charge in [0.1, 0.15) is 5.82 Å². The molecule has 2 aliphatic rings. The monoisotopic (exact) mass is 453 g/mol. The van der Waals surface area contributed by atoms with E-state index in [1.165, 1.54) is 17.7 Å². The van der Waals surface area contributed by atoms with Crippen molar-refractivity contribution >= 4 is 40.6 Å². The summed E-state index contributed by atoms with van der Waals surface area (Å²) in [6.45, 7) is 2.55. The van der Waals surface area contributed by atoms with Crippen LogP contribution in [-0.2, 0) is 16.0 Å². The van der Waals surface area contributed by atoms with Gasteiger partial charge in [-0.2, -0.15) is 0 Å². The lowest BCUT2D eigenvalue weighted by Crippen LogP contribution is -2.46. The molecule has 1 N–H and O–H groups in total. The maximum Gasteiger partial charge on any atom is 0.293 e. The zero-order valence-corrected chi connectivity index (χ0v) is 18.5. The predicted octanol–water partition coefficient (Wildman–Crippen LogP) is 3.82. The Kier molecular flexibility index (Phi) is 6.60. The lowest BCUT2D eigenvalue weighted by molar-refractivity contribution is -0.124. The van der Waals surface area contributed by atoms with Crippen LogP contribution in [0.15, 0.2) is 53.4 Å². The van der Waals surface area contributed by atoms with Crippen molar-refractivity contribution in [3.8, 4) is 0 Å². The second-order valence-corrected chi connectivity index (χ2v) is 8.84. The zero-order valence-electron chi connectivity index (χ0n) is 17.7. The van der Waals surface area contributed by atoms with Crippen LogP contribution in [0.1, 0.15) is 24.5 Å². The largest absolute Gasteiger partial charge is 0.359 e. The molecular weight excluding hydrogens is 429 g/mol. The molecule has 0 aliphatic carbocycles. The minimum Gasteiger partial charge on any atom is -0.359 e. The smallest absolute Gasteiger partial charge is 0.293 e. The van der Waals surface area contributed by atoms with Gasteiger partial charge in [-0.05, 0) is 55.3 Å². The van der Waals surface area contributed by atoms with Gasteiger partial charge in [0.2, 0.25) is 5.91 Å². The number of amides is 3. The number of thioether (sulfide) groups is 1. The van der Waals surface area contributed by atoms with Gasteiger partial charge in [-0.15, -0.1) is 0 Å². The molecule has 4 rings (SSSR count). The average molecular weight is 454 g/mol. The van der Waals surface area contributed by atoms with Gasteiger partial charge in [-0.3, -0.25) is 19.3 Å². The number of nitrogens with zero attached hydrogens (tertiary/aromatic N) is 2. The van der Waals surface area contributed by atoms with Crippen LogP contribution < -0.4 is 10.2 Å². The molecule has 1 unspecified atom stereocenters. The van der Waals surface area contributed by atoms with Crippen LogP contribution in [-0.4, -0.2) is 47.6 Å². The molecule has 2 aromatic carbocycles. The highest BCUT2D eigenvalue weighted by Gasteiger charge is 2.35. The Balaban J connectivity index is 1.33. The van der Waals surface area contributed by atoms with Crippen molar-refractivity contribution in [2.45, 2.75) is 25.8 Å². The number of para-hydroxylation sites is 1. The van der Waals surface area contributed by atoms with E-state index in [1.54, 1.807) is 18.2 Å². The normalized spacial score (nSPS) is 19.4. The molecule has 3 amide bonds. The van der Waals surface area contributed by atoms with Crippen LogP contribution in [0.25, 0.3) is 6.08 Å². The highest BCUT2D eigenvalue weighted by molar-refractivity contribution is 8.18.